The fraction of sp³-hybridized carbons (Fsp3) is 0.294. The Balaban J connectivity index is 1.11. The number of carbonyl (C=O) groups is 1. The second-order valence-electron chi connectivity index (χ2n) is 11.2. The summed E-state index contributed by atoms with van der Waals surface area (Å²) in [5.74, 6) is 0.328. The lowest BCUT2D eigenvalue weighted by Gasteiger charge is -2.32. The molecule has 0 radical (unpaired) electrons. The minimum atomic E-state index is -0.654. The highest BCUT2D eigenvalue weighted by atomic mass is 19.1. The Labute approximate surface area is 266 Å². The number of rotatable bonds is 11. The van der Waals surface area contributed by atoms with Crippen molar-refractivity contribution in [1.29, 1.82) is 0 Å². The zero-order valence-corrected chi connectivity index (χ0v) is 26.1. The zero-order chi connectivity index (χ0) is 32.0. The number of nitrogens with one attached hydrogen (secondary N) is 1. The van der Waals surface area contributed by atoms with Gasteiger partial charge in [0.15, 0.2) is 28.8 Å². The van der Waals surface area contributed by atoms with Gasteiger partial charge < -0.3 is 29.3 Å². The van der Waals surface area contributed by atoms with Gasteiger partial charge in [-0.2, -0.15) is 0 Å². The highest BCUT2D eigenvalue weighted by Crippen LogP contribution is 2.38. The molecule has 6 rings (SSSR count). The van der Waals surface area contributed by atoms with Crippen LogP contribution in [0.2, 0.25) is 0 Å². The summed E-state index contributed by atoms with van der Waals surface area (Å²) in [4.78, 5) is 22.1. The molecular weight excluding hydrogens is 589 g/mol. The second kappa shape index (κ2) is 13.9. The first kappa shape index (κ1) is 30.9. The van der Waals surface area contributed by atoms with Crippen LogP contribution in [0, 0.1) is 12.7 Å². The maximum absolute atomic E-state index is 15.2. The standard InChI is InChI=1S/C34H36FN7O4/c1-23-7-4-5-8-29(23)42-22-28(38-39-42)34(43)37-24-9-10-31(26(35)19-24)46-30-11-12-36-27-21-33(32(44-3)20-25(27)30)45-18-6-13-41-16-14-40(2)15-17-41/h4-5,7-12,19-22H,6,13-18H2,1-3H3,(H,37,43). The molecule has 46 heavy (non-hydrogen) atoms. The van der Waals surface area contributed by atoms with E-state index in [0.717, 1.165) is 50.4 Å². The maximum atomic E-state index is 15.2. The van der Waals surface area contributed by atoms with Crippen molar-refractivity contribution in [2.24, 2.45) is 0 Å². The fourth-order valence-corrected chi connectivity index (χ4v) is 5.31. The zero-order valence-electron chi connectivity index (χ0n) is 26.1. The number of fused-ring (bicyclic) bond motifs is 1. The van der Waals surface area contributed by atoms with E-state index in [4.69, 9.17) is 14.2 Å². The van der Waals surface area contributed by atoms with Crippen LogP contribution in [0.1, 0.15) is 22.5 Å². The first-order chi connectivity index (χ1) is 22.4. The molecule has 12 heteroatoms. The smallest absolute Gasteiger partial charge is 0.277 e. The Morgan fingerprint density at radius 1 is 0.978 bits per heavy atom. The Bertz CT molecular complexity index is 1840. The number of likely N-dealkylation sites (N-methyl/N-ethyl adjacent to an activating group) is 1. The summed E-state index contributed by atoms with van der Waals surface area (Å²) in [5, 5.41) is 11.3. The van der Waals surface area contributed by atoms with Crippen LogP contribution in [0.3, 0.4) is 0 Å². The molecule has 1 aliphatic rings. The quantitative estimate of drug-likeness (QED) is 0.195. The van der Waals surface area contributed by atoms with E-state index in [-0.39, 0.29) is 17.1 Å². The van der Waals surface area contributed by atoms with Gasteiger partial charge in [-0.25, -0.2) is 9.07 Å². The van der Waals surface area contributed by atoms with Crippen molar-refractivity contribution in [2.45, 2.75) is 13.3 Å². The molecule has 0 unspecified atom stereocenters. The van der Waals surface area contributed by atoms with Gasteiger partial charge in [0.1, 0.15) is 5.75 Å². The predicted octanol–water partition coefficient (Wildman–Crippen LogP) is 5.33. The predicted molar refractivity (Wildman–Crippen MR) is 173 cm³/mol. The number of methoxy groups -OCH3 is 1. The summed E-state index contributed by atoms with van der Waals surface area (Å²) in [6, 6.07) is 17.1. The molecule has 1 fully saturated rings. The average molecular weight is 626 g/mol. The summed E-state index contributed by atoms with van der Waals surface area (Å²) in [6.07, 6.45) is 4.02. The molecule has 238 valence electrons. The lowest BCUT2D eigenvalue weighted by molar-refractivity contribution is 0.102. The number of para-hydroxylation sites is 1. The number of anilines is 1. The van der Waals surface area contributed by atoms with Crippen LogP contribution in [0.25, 0.3) is 16.6 Å². The van der Waals surface area contributed by atoms with Gasteiger partial charge in [-0.05, 0) is 56.3 Å². The van der Waals surface area contributed by atoms with Crippen LogP contribution >= 0.6 is 0 Å². The Morgan fingerprint density at radius 2 is 1.80 bits per heavy atom. The van der Waals surface area contributed by atoms with Crippen LogP contribution < -0.4 is 19.5 Å². The topological polar surface area (TPSA) is 107 Å². The van der Waals surface area contributed by atoms with E-state index in [2.05, 4.69) is 37.5 Å². The molecule has 1 amide bonds. The normalized spacial score (nSPS) is 13.9. The number of halogens is 1. The van der Waals surface area contributed by atoms with Gasteiger partial charge in [0.05, 0.1) is 31.1 Å². The van der Waals surface area contributed by atoms with Crippen LogP contribution in [0.5, 0.6) is 23.0 Å². The molecule has 1 saturated heterocycles. The number of amides is 1. The molecule has 3 heterocycles. The second-order valence-corrected chi connectivity index (χ2v) is 11.2. The van der Waals surface area contributed by atoms with Gasteiger partial charge in [-0.3, -0.25) is 9.78 Å². The first-order valence-electron chi connectivity index (χ1n) is 15.2. The van der Waals surface area contributed by atoms with E-state index < -0.39 is 11.7 Å². The van der Waals surface area contributed by atoms with Gasteiger partial charge in [0.25, 0.3) is 5.91 Å². The third kappa shape index (κ3) is 7.08. The molecule has 0 bridgehead atoms. The van der Waals surface area contributed by atoms with E-state index in [0.29, 0.717) is 34.8 Å². The van der Waals surface area contributed by atoms with Crippen molar-refractivity contribution in [1.82, 2.24) is 29.8 Å². The SMILES string of the molecule is COc1cc2c(Oc3ccc(NC(=O)c4cn(-c5ccccc5C)nn4)cc3F)ccnc2cc1OCCCN1CCN(C)CC1. The minimum absolute atomic E-state index is 0.0146. The highest BCUT2D eigenvalue weighted by Gasteiger charge is 2.17. The van der Waals surface area contributed by atoms with Crippen molar-refractivity contribution >= 4 is 22.5 Å². The molecule has 0 aliphatic carbocycles. The van der Waals surface area contributed by atoms with Gasteiger partial charge in [0, 0.05) is 62.1 Å². The minimum Gasteiger partial charge on any atom is -0.493 e. The molecular formula is C34H36FN7O4. The molecule has 1 N–H and O–H groups in total. The van der Waals surface area contributed by atoms with Gasteiger partial charge in [-0.1, -0.05) is 23.4 Å². The van der Waals surface area contributed by atoms with E-state index in [1.807, 2.05) is 31.2 Å². The largest absolute Gasteiger partial charge is 0.493 e. The molecule has 0 atom stereocenters. The van der Waals surface area contributed by atoms with Crippen molar-refractivity contribution < 1.29 is 23.4 Å². The maximum Gasteiger partial charge on any atom is 0.277 e. The summed E-state index contributed by atoms with van der Waals surface area (Å²) >= 11 is 0. The summed E-state index contributed by atoms with van der Waals surface area (Å²) in [6.45, 7) is 7.77. The number of hydrogen-bond acceptors (Lipinski definition) is 9. The molecule has 0 saturated carbocycles. The summed E-state index contributed by atoms with van der Waals surface area (Å²) < 4.78 is 34.4. The van der Waals surface area contributed by atoms with Gasteiger partial charge in [0.2, 0.25) is 0 Å². The number of nitrogens with zero attached hydrogens (tertiary/aromatic N) is 6. The molecule has 11 nitrogen and oxygen atoms in total. The third-order valence-corrected chi connectivity index (χ3v) is 7.96. The monoisotopic (exact) mass is 625 g/mol. The van der Waals surface area contributed by atoms with E-state index >= 15 is 4.39 Å². The number of aryl methyl sites for hydroxylation is 1. The lowest BCUT2D eigenvalue weighted by atomic mass is 10.1. The molecule has 2 aromatic heterocycles. The first-order valence-corrected chi connectivity index (χ1v) is 15.2. The number of carbonyl (C=O) groups excluding carboxylic acids is 1. The van der Waals surface area contributed by atoms with Crippen molar-refractivity contribution in [3.8, 4) is 28.7 Å². The fourth-order valence-electron chi connectivity index (χ4n) is 5.31. The summed E-state index contributed by atoms with van der Waals surface area (Å²) in [7, 11) is 3.72. The number of aromatic nitrogens is 4. The molecule has 0 spiro atoms. The highest BCUT2D eigenvalue weighted by molar-refractivity contribution is 6.02. The number of piperazine rings is 1. The van der Waals surface area contributed by atoms with E-state index in [1.165, 1.54) is 23.0 Å². The van der Waals surface area contributed by atoms with E-state index in [9.17, 15) is 4.79 Å². The van der Waals surface area contributed by atoms with E-state index in [1.54, 1.807) is 37.6 Å². The van der Waals surface area contributed by atoms with Crippen LogP contribution in [-0.2, 0) is 0 Å². The number of hydrogen-bond donors (Lipinski definition) is 1. The van der Waals surface area contributed by atoms with Crippen LogP contribution in [-0.4, -0.2) is 89.2 Å². The Morgan fingerprint density at radius 3 is 2.59 bits per heavy atom. The third-order valence-electron chi connectivity index (χ3n) is 7.96. The van der Waals surface area contributed by atoms with Crippen LogP contribution in [0.15, 0.2) is 73.1 Å². The van der Waals surface area contributed by atoms with Gasteiger partial charge >= 0.3 is 0 Å². The number of ether oxygens (including phenoxy) is 3. The molecule has 5 aromatic rings. The van der Waals surface area contributed by atoms with Crippen molar-refractivity contribution in [3.63, 3.8) is 0 Å². The van der Waals surface area contributed by atoms with Gasteiger partial charge in [-0.15, -0.1) is 5.10 Å². The Kier molecular flexibility index (Phi) is 9.36. The number of benzene rings is 3. The van der Waals surface area contributed by atoms with Crippen molar-refractivity contribution in [3.05, 3.63) is 90.1 Å². The van der Waals surface area contributed by atoms with Crippen molar-refractivity contribution in [2.75, 3.05) is 58.8 Å². The summed E-state index contributed by atoms with van der Waals surface area (Å²) in [5.41, 5.74) is 2.76. The molecule has 1 aliphatic heterocycles. The van der Waals surface area contributed by atoms with Crippen LogP contribution in [0.4, 0.5) is 10.1 Å². The Hall–Kier alpha value is -5.07. The lowest BCUT2D eigenvalue weighted by Crippen LogP contribution is -2.44. The molecule has 3 aromatic carbocycles. The number of pyridine rings is 1. The average Bonchev–Trinajstić information content (AvgIpc) is 3.55.